The van der Waals surface area contributed by atoms with Gasteiger partial charge in [-0.15, -0.1) is 23.7 Å². The number of fused-ring (bicyclic) bond motifs is 3. The number of carbonyl (C=O) groups is 1. The number of ether oxygens (including phenoxy) is 1. The molecule has 0 radical (unpaired) electrons. The fourth-order valence-corrected chi connectivity index (χ4v) is 5.02. The maximum absolute atomic E-state index is 12.7. The minimum atomic E-state index is -0.275. The van der Waals surface area contributed by atoms with Gasteiger partial charge in [0.1, 0.15) is 4.83 Å². The molecule has 2 heterocycles. The molecule has 0 amide bonds. The van der Waals surface area contributed by atoms with Crippen molar-refractivity contribution in [2.45, 2.75) is 40.0 Å². The minimum absolute atomic E-state index is 0. The second-order valence-electron chi connectivity index (χ2n) is 6.57. The second kappa shape index (κ2) is 7.37. The summed E-state index contributed by atoms with van der Waals surface area (Å²) in [5.74, 6) is -0.275. The molecular weight excluding hydrogens is 366 g/mol. The van der Waals surface area contributed by atoms with Crippen molar-refractivity contribution in [1.29, 1.82) is 0 Å². The van der Waals surface area contributed by atoms with E-state index in [4.69, 9.17) is 9.72 Å². The lowest BCUT2D eigenvalue weighted by Crippen LogP contribution is -2.10. The van der Waals surface area contributed by atoms with Crippen molar-refractivity contribution in [3.8, 4) is 11.1 Å². The van der Waals surface area contributed by atoms with Crippen molar-refractivity contribution in [2.24, 2.45) is 0 Å². The van der Waals surface area contributed by atoms with E-state index in [1.165, 1.54) is 22.4 Å². The average Bonchev–Trinajstić information content (AvgIpc) is 3.15. The van der Waals surface area contributed by atoms with Gasteiger partial charge in [-0.05, 0) is 51.2 Å². The van der Waals surface area contributed by atoms with Gasteiger partial charge in [-0.3, -0.25) is 0 Å². The lowest BCUT2D eigenvalue weighted by atomic mass is 9.93. The molecule has 0 unspecified atom stereocenters. The van der Waals surface area contributed by atoms with Gasteiger partial charge in [0.05, 0.1) is 17.9 Å². The summed E-state index contributed by atoms with van der Waals surface area (Å²) in [7, 11) is 0. The van der Waals surface area contributed by atoms with Crippen molar-refractivity contribution >= 4 is 39.9 Å². The molecule has 0 saturated carbocycles. The highest BCUT2D eigenvalue weighted by Gasteiger charge is 2.27. The summed E-state index contributed by atoms with van der Waals surface area (Å²) in [6.45, 7) is 6.19. The fourth-order valence-electron chi connectivity index (χ4n) is 3.70. The van der Waals surface area contributed by atoms with Crippen LogP contribution in [0.1, 0.15) is 45.4 Å². The highest BCUT2D eigenvalue weighted by molar-refractivity contribution is 7.19. The molecule has 2 aromatic heterocycles. The zero-order chi connectivity index (χ0) is 17.6. The number of hydrogen-bond acceptors (Lipinski definition) is 4. The lowest BCUT2D eigenvalue weighted by Gasteiger charge is -2.14. The predicted molar refractivity (Wildman–Crippen MR) is 110 cm³/mol. The Kier molecular flexibility index (Phi) is 5.35. The number of benzene rings is 1. The van der Waals surface area contributed by atoms with Gasteiger partial charge in [0.2, 0.25) is 0 Å². The summed E-state index contributed by atoms with van der Waals surface area (Å²) >= 11 is 1.78. The van der Waals surface area contributed by atoms with Crippen LogP contribution in [0.3, 0.4) is 0 Å². The van der Waals surface area contributed by atoms with E-state index >= 15 is 0 Å². The van der Waals surface area contributed by atoms with Crippen molar-refractivity contribution in [2.75, 3.05) is 6.61 Å². The van der Waals surface area contributed by atoms with Crippen LogP contribution in [0.25, 0.3) is 21.3 Å². The number of hydrogen-bond donors (Lipinski definition) is 0. The van der Waals surface area contributed by atoms with Crippen molar-refractivity contribution in [3.63, 3.8) is 0 Å². The first kappa shape index (κ1) is 18.9. The number of carbonyl (C=O) groups excluding carboxylic acids is 1. The molecule has 1 aliphatic carbocycles. The Morgan fingerprint density at radius 2 is 1.92 bits per heavy atom. The molecule has 0 fully saturated rings. The van der Waals surface area contributed by atoms with E-state index in [0.717, 1.165) is 39.9 Å². The molecule has 5 heteroatoms. The second-order valence-corrected chi connectivity index (χ2v) is 7.65. The van der Waals surface area contributed by atoms with Crippen LogP contribution in [0.4, 0.5) is 0 Å². The van der Waals surface area contributed by atoms with Crippen LogP contribution in [-0.4, -0.2) is 17.6 Å². The molecule has 0 bridgehead atoms. The maximum atomic E-state index is 12.7. The number of pyridine rings is 1. The van der Waals surface area contributed by atoms with Crippen molar-refractivity contribution in [1.82, 2.24) is 4.98 Å². The Labute approximate surface area is 163 Å². The Bertz CT molecular complexity index is 976. The molecule has 0 atom stereocenters. The summed E-state index contributed by atoms with van der Waals surface area (Å²) in [4.78, 5) is 20.0. The SMILES string of the molecule is CCOC(=O)c1c(C)nc2sc3c(c2c1-c1ccc(C)cc1)CCC3.Cl. The molecule has 136 valence electrons. The van der Waals surface area contributed by atoms with Gasteiger partial charge >= 0.3 is 5.97 Å². The lowest BCUT2D eigenvalue weighted by molar-refractivity contribution is 0.0526. The molecule has 0 N–H and O–H groups in total. The highest BCUT2D eigenvalue weighted by atomic mass is 35.5. The van der Waals surface area contributed by atoms with Gasteiger partial charge in [-0.1, -0.05) is 29.8 Å². The number of aromatic nitrogens is 1. The molecule has 4 rings (SSSR count). The zero-order valence-electron chi connectivity index (χ0n) is 15.2. The molecule has 26 heavy (non-hydrogen) atoms. The predicted octanol–water partition coefficient (Wildman–Crippen LogP) is 5.67. The van der Waals surface area contributed by atoms with Gasteiger partial charge in [-0.25, -0.2) is 9.78 Å². The number of halogens is 1. The summed E-state index contributed by atoms with van der Waals surface area (Å²) in [5.41, 5.74) is 6.02. The van der Waals surface area contributed by atoms with E-state index in [9.17, 15) is 4.79 Å². The fraction of sp³-hybridized carbons (Fsp3) is 0.333. The van der Waals surface area contributed by atoms with E-state index in [2.05, 4.69) is 31.2 Å². The molecule has 0 spiro atoms. The van der Waals surface area contributed by atoms with E-state index in [0.29, 0.717) is 12.2 Å². The summed E-state index contributed by atoms with van der Waals surface area (Å²) in [6, 6.07) is 8.40. The van der Waals surface area contributed by atoms with Crippen LogP contribution >= 0.6 is 23.7 Å². The van der Waals surface area contributed by atoms with Crippen LogP contribution in [0.5, 0.6) is 0 Å². The monoisotopic (exact) mass is 387 g/mol. The van der Waals surface area contributed by atoms with Crippen molar-refractivity contribution < 1.29 is 9.53 Å². The Morgan fingerprint density at radius 3 is 2.62 bits per heavy atom. The molecule has 3 aromatic rings. The Morgan fingerprint density at radius 1 is 1.19 bits per heavy atom. The highest BCUT2D eigenvalue weighted by Crippen LogP contribution is 2.43. The van der Waals surface area contributed by atoms with Crippen LogP contribution < -0.4 is 0 Å². The maximum Gasteiger partial charge on any atom is 0.340 e. The van der Waals surface area contributed by atoms with Crippen LogP contribution in [0.15, 0.2) is 24.3 Å². The average molecular weight is 388 g/mol. The first-order valence-electron chi connectivity index (χ1n) is 8.79. The van der Waals surface area contributed by atoms with Crippen LogP contribution in [-0.2, 0) is 17.6 Å². The third-order valence-electron chi connectivity index (χ3n) is 4.85. The number of esters is 1. The van der Waals surface area contributed by atoms with Gasteiger partial charge in [0.15, 0.2) is 0 Å². The zero-order valence-corrected chi connectivity index (χ0v) is 16.9. The smallest absolute Gasteiger partial charge is 0.340 e. The third-order valence-corrected chi connectivity index (χ3v) is 6.04. The number of nitrogens with zero attached hydrogens (tertiary/aromatic N) is 1. The third kappa shape index (κ3) is 3.01. The molecule has 3 nitrogen and oxygen atoms in total. The van der Waals surface area contributed by atoms with E-state index in [1.54, 1.807) is 11.3 Å². The minimum Gasteiger partial charge on any atom is -0.462 e. The van der Waals surface area contributed by atoms with Gasteiger partial charge < -0.3 is 4.74 Å². The normalized spacial score (nSPS) is 12.7. The van der Waals surface area contributed by atoms with Crippen LogP contribution in [0, 0.1) is 13.8 Å². The van der Waals surface area contributed by atoms with E-state index < -0.39 is 0 Å². The topological polar surface area (TPSA) is 39.2 Å². The quantitative estimate of drug-likeness (QED) is 0.543. The standard InChI is InChI=1S/C21H21NO2S.ClH/c1-4-24-21(23)17-13(3)22-20-19(15-6-5-7-16(15)25-20)18(17)14-10-8-12(2)9-11-14;/h8-11H,4-7H2,1-3H3;1H. The molecule has 0 aliphatic heterocycles. The molecule has 1 aliphatic rings. The molecular formula is C21H22ClNO2S. The summed E-state index contributed by atoms with van der Waals surface area (Å²) in [6.07, 6.45) is 3.38. The number of rotatable bonds is 3. The number of aryl methyl sites for hydroxylation is 4. The van der Waals surface area contributed by atoms with Gasteiger partial charge in [-0.2, -0.15) is 0 Å². The first-order chi connectivity index (χ1) is 12.1. The van der Waals surface area contributed by atoms with E-state index in [-0.39, 0.29) is 18.4 Å². The van der Waals surface area contributed by atoms with Crippen molar-refractivity contribution in [3.05, 3.63) is 51.5 Å². The Hall–Kier alpha value is -1.91. The summed E-state index contributed by atoms with van der Waals surface area (Å²) in [5, 5.41) is 1.16. The molecule has 1 aromatic carbocycles. The largest absolute Gasteiger partial charge is 0.462 e. The van der Waals surface area contributed by atoms with E-state index in [1.807, 2.05) is 13.8 Å². The van der Waals surface area contributed by atoms with Gasteiger partial charge in [0.25, 0.3) is 0 Å². The molecule has 0 saturated heterocycles. The van der Waals surface area contributed by atoms with Gasteiger partial charge in [0, 0.05) is 15.8 Å². The Balaban J connectivity index is 0.00000196. The number of thiophene rings is 1. The summed E-state index contributed by atoms with van der Waals surface area (Å²) < 4.78 is 5.36. The van der Waals surface area contributed by atoms with Crippen LogP contribution in [0.2, 0.25) is 0 Å². The first-order valence-corrected chi connectivity index (χ1v) is 9.60.